The quantitative estimate of drug-likeness (QED) is 0.859. The molecule has 0 fully saturated rings. The fourth-order valence-electron chi connectivity index (χ4n) is 2.07. The Morgan fingerprint density at radius 3 is 2.79 bits per heavy atom. The third-order valence-corrected chi connectivity index (χ3v) is 3.35. The minimum atomic E-state index is -0.466. The average Bonchev–Trinajstić information content (AvgIpc) is 2.61. The Labute approximate surface area is 117 Å². The topological polar surface area (TPSA) is 47.1 Å². The second kappa shape index (κ2) is 5.75. The summed E-state index contributed by atoms with van der Waals surface area (Å²) in [5.41, 5.74) is 7.21. The van der Waals surface area contributed by atoms with Crippen LogP contribution in [0.2, 0.25) is 5.02 Å². The first kappa shape index (κ1) is 14.1. The SMILES string of the molecule is CN(C)CCCCn1c(N)nc2cc(F)c(Cl)cc21. The van der Waals surface area contributed by atoms with Crippen molar-refractivity contribution in [2.75, 3.05) is 26.4 Å². The fraction of sp³-hybridized carbons (Fsp3) is 0.462. The Balaban J connectivity index is 2.18. The van der Waals surface area contributed by atoms with E-state index in [4.69, 9.17) is 17.3 Å². The summed E-state index contributed by atoms with van der Waals surface area (Å²) in [7, 11) is 4.09. The number of aromatic nitrogens is 2. The summed E-state index contributed by atoms with van der Waals surface area (Å²) in [4.78, 5) is 6.30. The third-order valence-electron chi connectivity index (χ3n) is 3.06. The molecule has 0 aliphatic rings. The number of benzene rings is 1. The first-order chi connectivity index (χ1) is 8.99. The molecule has 0 spiro atoms. The summed E-state index contributed by atoms with van der Waals surface area (Å²) in [6.07, 6.45) is 2.06. The molecule has 0 saturated heterocycles. The van der Waals surface area contributed by atoms with Gasteiger partial charge in [-0.25, -0.2) is 9.37 Å². The van der Waals surface area contributed by atoms with Crippen LogP contribution in [-0.2, 0) is 6.54 Å². The van der Waals surface area contributed by atoms with E-state index >= 15 is 0 Å². The zero-order valence-electron chi connectivity index (χ0n) is 11.2. The summed E-state index contributed by atoms with van der Waals surface area (Å²) in [6.45, 7) is 1.79. The van der Waals surface area contributed by atoms with Gasteiger partial charge in [0.1, 0.15) is 5.82 Å². The van der Waals surface area contributed by atoms with Crippen molar-refractivity contribution >= 4 is 28.6 Å². The van der Waals surface area contributed by atoms with Crippen LogP contribution in [-0.4, -0.2) is 35.1 Å². The largest absolute Gasteiger partial charge is 0.369 e. The number of fused-ring (bicyclic) bond motifs is 1. The van der Waals surface area contributed by atoms with Gasteiger partial charge in [-0.3, -0.25) is 0 Å². The van der Waals surface area contributed by atoms with E-state index in [1.165, 1.54) is 6.07 Å². The highest BCUT2D eigenvalue weighted by molar-refractivity contribution is 6.31. The molecule has 2 aromatic rings. The molecule has 2 rings (SSSR count). The molecular formula is C13H18ClFN4. The number of nitrogens with zero attached hydrogens (tertiary/aromatic N) is 3. The van der Waals surface area contributed by atoms with Crippen molar-refractivity contribution in [1.82, 2.24) is 14.5 Å². The van der Waals surface area contributed by atoms with Crippen molar-refractivity contribution in [1.29, 1.82) is 0 Å². The number of hydrogen-bond acceptors (Lipinski definition) is 3. The van der Waals surface area contributed by atoms with E-state index in [0.717, 1.165) is 31.4 Å². The lowest BCUT2D eigenvalue weighted by molar-refractivity contribution is 0.388. The number of imidazole rings is 1. The van der Waals surface area contributed by atoms with Crippen LogP contribution in [0.25, 0.3) is 11.0 Å². The van der Waals surface area contributed by atoms with Crippen LogP contribution in [0.3, 0.4) is 0 Å². The molecule has 2 N–H and O–H groups in total. The maximum Gasteiger partial charge on any atom is 0.201 e. The van der Waals surface area contributed by atoms with Crippen LogP contribution in [0, 0.1) is 5.82 Å². The molecule has 6 heteroatoms. The lowest BCUT2D eigenvalue weighted by Gasteiger charge is -2.10. The van der Waals surface area contributed by atoms with E-state index in [0.29, 0.717) is 11.5 Å². The molecule has 0 aliphatic heterocycles. The van der Waals surface area contributed by atoms with Crippen LogP contribution in [0.4, 0.5) is 10.3 Å². The van der Waals surface area contributed by atoms with E-state index in [1.807, 2.05) is 18.7 Å². The van der Waals surface area contributed by atoms with Gasteiger partial charge in [0.2, 0.25) is 5.95 Å². The Bertz CT molecular complexity index is 580. The third kappa shape index (κ3) is 3.16. The van der Waals surface area contributed by atoms with Crippen LogP contribution in [0.1, 0.15) is 12.8 Å². The number of unbranched alkanes of at least 4 members (excludes halogenated alkanes) is 1. The zero-order chi connectivity index (χ0) is 14.0. The Morgan fingerprint density at radius 2 is 2.11 bits per heavy atom. The number of nitrogens with two attached hydrogens (primary N) is 1. The summed E-state index contributed by atoms with van der Waals surface area (Å²) in [5, 5.41) is 0.0990. The Hall–Kier alpha value is -1.33. The van der Waals surface area contributed by atoms with Gasteiger partial charge in [0.25, 0.3) is 0 Å². The van der Waals surface area contributed by atoms with Crippen molar-refractivity contribution in [3.63, 3.8) is 0 Å². The molecule has 1 heterocycles. The van der Waals surface area contributed by atoms with Gasteiger partial charge in [0.05, 0.1) is 16.1 Å². The van der Waals surface area contributed by atoms with Crippen molar-refractivity contribution in [3.8, 4) is 0 Å². The molecule has 0 unspecified atom stereocenters. The predicted molar refractivity (Wildman–Crippen MR) is 76.9 cm³/mol. The molecule has 104 valence electrons. The molecule has 0 aliphatic carbocycles. The predicted octanol–water partition coefficient (Wildman–Crippen LogP) is 2.75. The van der Waals surface area contributed by atoms with E-state index in [-0.39, 0.29) is 5.02 Å². The highest BCUT2D eigenvalue weighted by Gasteiger charge is 2.11. The van der Waals surface area contributed by atoms with Crippen LogP contribution < -0.4 is 5.73 Å². The average molecular weight is 285 g/mol. The summed E-state index contributed by atoms with van der Waals surface area (Å²) >= 11 is 5.81. The van der Waals surface area contributed by atoms with Gasteiger partial charge >= 0.3 is 0 Å². The molecule has 0 bridgehead atoms. The minimum absolute atomic E-state index is 0.0990. The lowest BCUT2D eigenvalue weighted by atomic mass is 10.2. The number of hydrogen-bond donors (Lipinski definition) is 1. The normalized spacial score (nSPS) is 11.6. The molecule has 0 saturated carbocycles. The molecular weight excluding hydrogens is 267 g/mol. The standard InChI is InChI=1S/C13H18ClFN4/c1-18(2)5-3-4-6-19-12-7-9(14)10(15)8-11(12)17-13(19)16/h7-8H,3-6H2,1-2H3,(H2,16,17). The van der Waals surface area contributed by atoms with Crippen LogP contribution in [0.5, 0.6) is 0 Å². The first-order valence-corrected chi connectivity index (χ1v) is 6.62. The van der Waals surface area contributed by atoms with E-state index in [1.54, 1.807) is 6.07 Å². The molecule has 0 radical (unpaired) electrons. The molecule has 1 aromatic carbocycles. The fourth-order valence-corrected chi connectivity index (χ4v) is 2.23. The van der Waals surface area contributed by atoms with Crippen molar-refractivity contribution in [3.05, 3.63) is 23.0 Å². The maximum absolute atomic E-state index is 13.4. The molecule has 4 nitrogen and oxygen atoms in total. The summed E-state index contributed by atoms with van der Waals surface area (Å²) in [5.74, 6) is -0.0621. The smallest absolute Gasteiger partial charge is 0.201 e. The lowest BCUT2D eigenvalue weighted by Crippen LogP contribution is -2.13. The van der Waals surface area contributed by atoms with E-state index in [9.17, 15) is 4.39 Å². The number of nitrogen functional groups attached to an aromatic ring is 1. The van der Waals surface area contributed by atoms with Gasteiger partial charge in [-0.05, 0) is 39.5 Å². The first-order valence-electron chi connectivity index (χ1n) is 6.24. The Morgan fingerprint density at radius 1 is 1.37 bits per heavy atom. The second-order valence-electron chi connectivity index (χ2n) is 4.89. The molecule has 19 heavy (non-hydrogen) atoms. The minimum Gasteiger partial charge on any atom is -0.369 e. The highest BCUT2D eigenvalue weighted by Crippen LogP contribution is 2.25. The van der Waals surface area contributed by atoms with E-state index < -0.39 is 5.82 Å². The zero-order valence-corrected chi connectivity index (χ0v) is 11.9. The second-order valence-corrected chi connectivity index (χ2v) is 5.29. The monoisotopic (exact) mass is 284 g/mol. The molecule has 1 aromatic heterocycles. The molecule has 0 atom stereocenters. The maximum atomic E-state index is 13.4. The highest BCUT2D eigenvalue weighted by atomic mass is 35.5. The molecule has 0 amide bonds. The van der Waals surface area contributed by atoms with Crippen molar-refractivity contribution < 1.29 is 4.39 Å². The number of halogens is 2. The van der Waals surface area contributed by atoms with Crippen LogP contribution >= 0.6 is 11.6 Å². The van der Waals surface area contributed by atoms with Gasteiger partial charge in [-0.1, -0.05) is 11.6 Å². The van der Waals surface area contributed by atoms with Crippen molar-refractivity contribution in [2.24, 2.45) is 0 Å². The van der Waals surface area contributed by atoms with Gasteiger partial charge in [0, 0.05) is 12.6 Å². The number of aryl methyl sites for hydroxylation is 1. The summed E-state index contributed by atoms with van der Waals surface area (Å²) in [6, 6.07) is 2.91. The van der Waals surface area contributed by atoms with E-state index in [2.05, 4.69) is 9.88 Å². The van der Waals surface area contributed by atoms with Crippen LogP contribution in [0.15, 0.2) is 12.1 Å². The van der Waals surface area contributed by atoms with Gasteiger partial charge in [0.15, 0.2) is 0 Å². The van der Waals surface area contributed by atoms with Gasteiger partial charge in [-0.15, -0.1) is 0 Å². The van der Waals surface area contributed by atoms with Gasteiger partial charge < -0.3 is 15.2 Å². The summed E-state index contributed by atoms with van der Waals surface area (Å²) < 4.78 is 15.2. The number of anilines is 1. The number of rotatable bonds is 5. The Kier molecular flexibility index (Phi) is 4.27. The van der Waals surface area contributed by atoms with Gasteiger partial charge in [-0.2, -0.15) is 0 Å². The van der Waals surface area contributed by atoms with Crippen molar-refractivity contribution in [2.45, 2.75) is 19.4 Å².